The Hall–Kier alpha value is -2.81. The van der Waals surface area contributed by atoms with Gasteiger partial charge in [0.25, 0.3) is 0 Å². The predicted octanol–water partition coefficient (Wildman–Crippen LogP) is 1.17. The maximum Gasteiger partial charge on any atom is 0.239 e. The number of nitrogens with two attached hydrogens (primary N) is 1. The summed E-state index contributed by atoms with van der Waals surface area (Å²) in [4.78, 5) is 10.9. The third-order valence-electron chi connectivity index (χ3n) is 2.69. The van der Waals surface area contributed by atoms with Crippen LogP contribution in [0.5, 0.6) is 0 Å². The van der Waals surface area contributed by atoms with E-state index in [4.69, 9.17) is 15.4 Å². The van der Waals surface area contributed by atoms with E-state index in [0.29, 0.717) is 5.69 Å². The summed E-state index contributed by atoms with van der Waals surface area (Å²) < 4.78 is 29.8. The number of anilines is 1. The summed E-state index contributed by atoms with van der Waals surface area (Å²) in [6.07, 6.45) is 0. The molecule has 0 fully saturated rings. The largest absolute Gasteiger partial charge is 0.441 e. The molecule has 0 spiro atoms. The molecule has 0 radical (unpaired) electrons. The Morgan fingerprint density at radius 1 is 1.23 bits per heavy atom. The summed E-state index contributed by atoms with van der Waals surface area (Å²) in [5.74, 6) is -0.650. The van der Waals surface area contributed by atoms with Crippen molar-refractivity contribution in [3.63, 3.8) is 0 Å². The van der Waals surface area contributed by atoms with Gasteiger partial charge in [0.15, 0.2) is 5.76 Å². The summed E-state index contributed by atoms with van der Waals surface area (Å²) in [6.45, 7) is 1.35. The molecular formula is C13H13N3O5S. The third kappa shape index (κ3) is 3.09. The quantitative estimate of drug-likeness (QED) is 0.334. The zero-order valence-corrected chi connectivity index (χ0v) is 12.3. The lowest BCUT2D eigenvalue weighted by Gasteiger charge is -2.04. The van der Waals surface area contributed by atoms with Crippen molar-refractivity contribution in [1.29, 1.82) is 0 Å². The second-order valence-corrected chi connectivity index (χ2v) is 6.19. The molecule has 0 saturated heterocycles. The van der Waals surface area contributed by atoms with E-state index in [9.17, 15) is 13.2 Å². The summed E-state index contributed by atoms with van der Waals surface area (Å²) in [5.41, 5.74) is 5.80. The number of sulfone groups is 1. The van der Waals surface area contributed by atoms with Crippen LogP contribution in [0.4, 0.5) is 5.69 Å². The first-order chi connectivity index (χ1) is 10.3. The molecule has 1 amide bonds. The highest BCUT2D eigenvalue weighted by Crippen LogP contribution is 2.24. The molecular weight excluding hydrogens is 310 g/mol. The van der Waals surface area contributed by atoms with Crippen LogP contribution in [-0.2, 0) is 14.6 Å². The van der Waals surface area contributed by atoms with Crippen LogP contribution < -0.4 is 11.1 Å². The SMILES string of the molecule is CC(=O)Nc1ccc(S(=O)(=O)c2ccc(/C(N)=N/O)o2)cc1. The average Bonchev–Trinajstić information content (AvgIpc) is 2.97. The summed E-state index contributed by atoms with van der Waals surface area (Å²) >= 11 is 0. The van der Waals surface area contributed by atoms with Gasteiger partial charge in [0.1, 0.15) is 0 Å². The highest BCUT2D eigenvalue weighted by atomic mass is 32.2. The first kappa shape index (κ1) is 15.6. The predicted molar refractivity (Wildman–Crippen MR) is 77.4 cm³/mol. The highest BCUT2D eigenvalue weighted by Gasteiger charge is 2.22. The highest BCUT2D eigenvalue weighted by molar-refractivity contribution is 7.91. The van der Waals surface area contributed by atoms with Crippen LogP contribution in [0.2, 0.25) is 0 Å². The third-order valence-corrected chi connectivity index (χ3v) is 4.33. The van der Waals surface area contributed by atoms with Crippen LogP contribution in [0.15, 0.2) is 56.0 Å². The molecule has 2 rings (SSSR count). The molecule has 4 N–H and O–H groups in total. The molecule has 0 saturated carbocycles. The first-order valence-corrected chi connectivity index (χ1v) is 7.53. The second-order valence-electron chi connectivity index (χ2n) is 4.31. The van der Waals surface area contributed by atoms with E-state index in [2.05, 4.69) is 10.5 Å². The molecule has 8 nitrogen and oxygen atoms in total. The van der Waals surface area contributed by atoms with E-state index in [0.717, 1.165) is 0 Å². The number of oxime groups is 1. The Morgan fingerprint density at radius 3 is 2.41 bits per heavy atom. The minimum Gasteiger partial charge on any atom is -0.441 e. The number of carbonyl (C=O) groups excluding carboxylic acids is 1. The maximum atomic E-state index is 12.4. The maximum absolute atomic E-state index is 12.4. The van der Waals surface area contributed by atoms with E-state index in [1.54, 1.807) is 0 Å². The van der Waals surface area contributed by atoms with Gasteiger partial charge in [-0.15, -0.1) is 0 Å². The number of nitrogens with one attached hydrogen (secondary N) is 1. The minimum absolute atomic E-state index is 0.0120. The first-order valence-electron chi connectivity index (χ1n) is 6.05. The summed E-state index contributed by atoms with van der Waals surface area (Å²) in [7, 11) is -3.88. The zero-order valence-electron chi connectivity index (χ0n) is 11.5. The van der Waals surface area contributed by atoms with Gasteiger partial charge in [-0.25, -0.2) is 8.42 Å². The number of benzene rings is 1. The van der Waals surface area contributed by atoms with Gasteiger partial charge in [0.2, 0.25) is 26.7 Å². The number of hydrogen-bond acceptors (Lipinski definition) is 6. The van der Waals surface area contributed by atoms with Gasteiger partial charge in [0, 0.05) is 12.6 Å². The van der Waals surface area contributed by atoms with Gasteiger partial charge >= 0.3 is 0 Å². The zero-order chi connectivity index (χ0) is 16.3. The summed E-state index contributed by atoms with van der Waals surface area (Å²) in [5, 5.41) is 13.5. The van der Waals surface area contributed by atoms with Crippen LogP contribution in [0.3, 0.4) is 0 Å². The van der Waals surface area contributed by atoms with Gasteiger partial charge < -0.3 is 20.7 Å². The number of amides is 1. The van der Waals surface area contributed by atoms with Crippen molar-refractivity contribution in [1.82, 2.24) is 0 Å². The van der Waals surface area contributed by atoms with E-state index in [1.165, 1.54) is 43.3 Å². The Kier molecular flexibility index (Phi) is 4.18. The van der Waals surface area contributed by atoms with E-state index >= 15 is 0 Å². The molecule has 0 bridgehead atoms. The van der Waals surface area contributed by atoms with Crippen molar-refractivity contribution in [3.05, 3.63) is 42.2 Å². The molecule has 0 unspecified atom stereocenters. The van der Waals surface area contributed by atoms with Crippen molar-refractivity contribution in [2.45, 2.75) is 16.9 Å². The fourth-order valence-corrected chi connectivity index (χ4v) is 2.86. The Labute approximate surface area is 126 Å². The van der Waals surface area contributed by atoms with Crippen molar-refractivity contribution in [3.8, 4) is 0 Å². The fourth-order valence-electron chi connectivity index (χ4n) is 1.69. The molecule has 0 atom stereocenters. The van der Waals surface area contributed by atoms with Gasteiger partial charge in [0.05, 0.1) is 4.90 Å². The van der Waals surface area contributed by atoms with Crippen LogP contribution in [-0.4, -0.2) is 25.4 Å². The molecule has 0 aliphatic heterocycles. The number of amidine groups is 1. The van der Waals surface area contributed by atoms with Crippen molar-refractivity contribution in [2.75, 3.05) is 5.32 Å². The summed E-state index contributed by atoms with van der Waals surface area (Å²) in [6, 6.07) is 8.10. The fraction of sp³-hybridized carbons (Fsp3) is 0.0769. The van der Waals surface area contributed by atoms with Crippen LogP contribution in [0, 0.1) is 0 Å². The molecule has 22 heavy (non-hydrogen) atoms. The lowest BCUT2D eigenvalue weighted by atomic mass is 10.3. The lowest BCUT2D eigenvalue weighted by Crippen LogP contribution is -2.11. The molecule has 1 aromatic carbocycles. The topological polar surface area (TPSA) is 135 Å². The minimum atomic E-state index is -3.88. The molecule has 1 heterocycles. The van der Waals surface area contributed by atoms with Gasteiger partial charge in [-0.2, -0.15) is 0 Å². The number of hydrogen-bond donors (Lipinski definition) is 3. The normalized spacial score (nSPS) is 12.1. The molecule has 9 heteroatoms. The van der Waals surface area contributed by atoms with Crippen molar-refractivity contribution >= 4 is 27.3 Å². The van der Waals surface area contributed by atoms with Gasteiger partial charge in [-0.3, -0.25) is 4.79 Å². The molecule has 1 aromatic heterocycles. The molecule has 0 aliphatic carbocycles. The second kappa shape index (κ2) is 5.90. The number of furan rings is 1. The monoisotopic (exact) mass is 323 g/mol. The molecule has 0 aliphatic rings. The van der Waals surface area contributed by atoms with Crippen LogP contribution in [0.25, 0.3) is 0 Å². The lowest BCUT2D eigenvalue weighted by molar-refractivity contribution is -0.114. The molecule has 2 aromatic rings. The van der Waals surface area contributed by atoms with Crippen molar-refractivity contribution < 1.29 is 22.8 Å². The van der Waals surface area contributed by atoms with Crippen molar-refractivity contribution in [2.24, 2.45) is 10.9 Å². The molecule has 116 valence electrons. The van der Waals surface area contributed by atoms with E-state index in [1.807, 2.05) is 0 Å². The van der Waals surface area contributed by atoms with Crippen LogP contribution >= 0.6 is 0 Å². The number of nitrogens with zero attached hydrogens (tertiary/aromatic N) is 1. The number of carbonyl (C=O) groups is 1. The standard InChI is InChI=1S/C13H13N3O5S/c1-8(17)15-9-2-4-10(5-3-9)22(19,20)12-7-6-11(21-12)13(14)16-18/h2-7,18H,1H3,(H2,14,16)(H,15,17). The van der Waals surface area contributed by atoms with Gasteiger partial charge in [-0.1, -0.05) is 5.16 Å². The van der Waals surface area contributed by atoms with E-state index in [-0.39, 0.29) is 27.5 Å². The number of rotatable bonds is 4. The van der Waals surface area contributed by atoms with E-state index < -0.39 is 9.84 Å². The van der Waals surface area contributed by atoms with Crippen LogP contribution in [0.1, 0.15) is 12.7 Å². The average molecular weight is 323 g/mol. The Morgan fingerprint density at radius 2 is 1.86 bits per heavy atom. The van der Waals surface area contributed by atoms with Gasteiger partial charge in [-0.05, 0) is 36.4 Å². The smallest absolute Gasteiger partial charge is 0.239 e. The Bertz CT molecular complexity index is 822. The Balaban J connectivity index is 2.34.